The molecule has 0 aromatic heterocycles. The SMILES string of the molecule is COc1ccc(/C=C/C(=O)Nc2cc(F)ccc2F)cc1S(=O)(=O)N1CCOCC1. The van der Waals surface area contributed by atoms with Gasteiger partial charge in [-0.25, -0.2) is 17.2 Å². The number of rotatable bonds is 6. The predicted molar refractivity (Wildman–Crippen MR) is 107 cm³/mol. The van der Waals surface area contributed by atoms with Crippen LogP contribution < -0.4 is 10.1 Å². The van der Waals surface area contributed by atoms with Gasteiger partial charge in [-0.1, -0.05) is 6.07 Å². The molecule has 0 bridgehead atoms. The highest BCUT2D eigenvalue weighted by molar-refractivity contribution is 7.89. The lowest BCUT2D eigenvalue weighted by atomic mass is 10.2. The van der Waals surface area contributed by atoms with Gasteiger partial charge in [0.05, 0.1) is 26.0 Å². The fourth-order valence-electron chi connectivity index (χ4n) is 2.86. The number of carbonyl (C=O) groups is 1. The average molecular weight is 438 g/mol. The summed E-state index contributed by atoms with van der Waals surface area (Å²) in [4.78, 5) is 12.0. The zero-order valence-electron chi connectivity index (χ0n) is 16.1. The highest BCUT2D eigenvalue weighted by atomic mass is 32.2. The van der Waals surface area contributed by atoms with Gasteiger partial charge in [0.1, 0.15) is 22.3 Å². The Morgan fingerprint density at radius 3 is 2.60 bits per heavy atom. The largest absolute Gasteiger partial charge is 0.495 e. The van der Waals surface area contributed by atoms with E-state index in [9.17, 15) is 22.0 Å². The maximum Gasteiger partial charge on any atom is 0.248 e. The van der Waals surface area contributed by atoms with Crippen LogP contribution in [-0.2, 0) is 19.6 Å². The number of ether oxygens (including phenoxy) is 2. The van der Waals surface area contributed by atoms with Gasteiger partial charge in [-0.3, -0.25) is 4.79 Å². The molecule has 0 unspecified atom stereocenters. The van der Waals surface area contributed by atoms with E-state index >= 15 is 0 Å². The van der Waals surface area contributed by atoms with Crippen molar-refractivity contribution < 1.29 is 31.5 Å². The number of morpholine rings is 1. The van der Waals surface area contributed by atoms with E-state index < -0.39 is 27.6 Å². The standard InChI is InChI=1S/C20H20F2N2O5S/c1-28-18-6-2-14(12-19(18)30(26,27)24-8-10-29-11-9-24)3-7-20(25)23-17-13-15(21)4-5-16(17)22/h2-7,12-13H,8-11H2,1H3,(H,23,25)/b7-3+. The molecule has 1 aliphatic heterocycles. The minimum absolute atomic E-state index is 0.0365. The second-order valence-electron chi connectivity index (χ2n) is 6.37. The van der Waals surface area contributed by atoms with Crippen molar-refractivity contribution in [3.8, 4) is 5.75 Å². The Labute approximate surface area is 173 Å². The summed E-state index contributed by atoms with van der Waals surface area (Å²) >= 11 is 0. The normalized spacial score (nSPS) is 15.3. The van der Waals surface area contributed by atoms with Gasteiger partial charge in [0.2, 0.25) is 15.9 Å². The maximum atomic E-state index is 13.6. The predicted octanol–water partition coefficient (Wildman–Crippen LogP) is 2.65. The van der Waals surface area contributed by atoms with Gasteiger partial charge < -0.3 is 14.8 Å². The first-order chi connectivity index (χ1) is 14.3. The Morgan fingerprint density at radius 2 is 1.90 bits per heavy atom. The molecule has 1 amide bonds. The zero-order valence-corrected chi connectivity index (χ0v) is 16.9. The van der Waals surface area contributed by atoms with Crippen LogP contribution in [0, 0.1) is 11.6 Å². The highest BCUT2D eigenvalue weighted by Crippen LogP contribution is 2.29. The molecule has 160 valence electrons. The van der Waals surface area contributed by atoms with Crippen molar-refractivity contribution in [3.63, 3.8) is 0 Å². The van der Waals surface area contributed by atoms with Crippen molar-refractivity contribution in [1.29, 1.82) is 0 Å². The molecule has 1 fully saturated rings. The minimum atomic E-state index is -3.82. The van der Waals surface area contributed by atoms with Crippen molar-refractivity contribution in [3.05, 3.63) is 59.7 Å². The number of anilines is 1. The van der Waals surface area contributed by atoms with E-state index in [1.165, 1.54) is 29.6 Å². The summed E-state index contributed by atoms with van der Waals surface area (Å²) in [5.74, 6) is -2.00. The molecule has 0 atom stereocenters. The molecule has 0 spiro atoms. The Bertz CT molecular complexity index is 1070. The third kappa shape index (κ3) is 5.02. The summed E-state index contributed by atoms with van der Waals surface area (Å²) in [7, 11) is -2.46. The number of methoxy groups -OCH3 is 1. The third-order valence-electron chi connectivity index (χ3n) is 4.39. The summed E-state index contributed by atoms with van der Waals surface area (Å²) in [6.07, 6.45) is 2.46. The number of amides is 1. The van der Waals surface area contributed by atoms with Gasteiger partial charge in [0.25, 0.3) is 0 Å². The first-order valence-corrected chi connectivity index (χ1v) is 10.5. The van der Waals surface area contributed by atoms with Crippen molar-refractivity contribution in [2.75, 3.05) is 38.7 Å². The van der Waals surface area contributed by atoms with Crippen molar-refractivity contribution in [2.45, 2.75) is 4.90 Å². The fraction of sp³-hybridized carbons (Fsp3) is 0.250. The Balaban J connectivity index is 1.82. The van der Waals surface area contributed by atoms with Gasteiger partial charge in [-0.2, -0.15) is 4.31 Å². The van der Waals surface area contributed by atoms with E-state index in [1.54, 1.807) is 6.07 Å². The van der Waals surface area contributed by atoms with Crippen LogP contribution in [0.2, 0.25) is 0 Å². The van der Waals surface area contributed by atoms with Gasteiger partial charge >= 0.3 is 0 Å². The molecule has 1 N–H and O–H groups in total. The molecule has 0 saturated carbocycles. The molecule has 0 radical (unpaired) electrons. The number of nitrogens with one attached hydrogen (secondary N) is 1. The number of sulfonamides is 1. The van der Waals surface area contributed by atoms with Crippen LogP contribution in [0.5, 0.6) is 5.75 Å². The lowest BCUT2D eigenvalue weighted by Crippen LogP contribution is -2.40. The van der Waals surface area contributed by atoms with Crippen molar-refractivity contribution in [1.82, 2.24) is 4.31 Å². The lowest BCUT2D eigenvalue weighted by molar-refractivity contribution is -0.111. The number of benzene rings is 2. The molecule has 1 saturated heterocycles. The molecule has 0 aliphatic carbocycles. The second kappa shape index (κ2) is 9.33. The van der Waals surface area contributed by atoms with Crippen LogP contribution >= 0.6 is 0 Å². The van der Waals surface area contributed by atoms with Gasteiger partial charge in [-0.05, 0) is 35.9 Å². The van der Waals surface area contributed by atoms with E-state index in [1.807, 2.05) is 0 Å². The molecular weight excluding hydrogens is 418 g/mol. The quantitative estimate of drug-likeness (QED) is 0.701. The van der Waals surface area contributed by atoms with Crippen LogP contribution in [-0.4, -0.2) is 52.0 Å². The monoisotopic (exact) mass is 438 g/mol. The number of hydrogen-bond acceptors (Lipinski definition) is 5. The summed E-state index contributed by atoms with van der Waals surface area (Å²) in [6.45, 7) is 1.07. The molecule has 10 heteroatoms. The van der Waals surface area contributed by atoms with E-state index in [4.69, 9.17) is 9.47 Å². The van der Waals surface area contributed by atoms with E-state index in [0.29, 0.717) is 18.8 Å². The number of carbonyl (C=O) groups excluding carboxylic acids is 1. The van der Waals surface area contributed by atoms with Crippen LogP contribution in [0.15, 0.2) is 47.4 Å². The highest BCUT2D eigenvalue weighted by Gasteiger charge is 2.29. The first-order valence-electron chi connectivity index (χ1n) is 9.01. The number of hydrogen-bond donors (Lipinski definition) is 1. The van der Waals surface area contributed by atoms with Crippen LogP contribution in [0.1, 0.15) is 5.56 Å². The average Bonchev–Trinajstić information content (AvgIpc) is 2.75. The fourth-order valence-corrected chi connectivity index (χ4v) is 4.46. The topological polar surface area (TPSA) is 84.9 Å². The number of halogens is 2. The zero-order chi connectivity index (χ0) is 21.7. The number of nitrogens with zero attached hydrogens (tertiary/aromatic N) is 1. The lowest BCUT2D eigenvalue weighted by Gasteiger charge is -2.26. The third-order valence-corrected chi connectivity index (χ3v) is 6.31. The van der Waals surface area contributed by atoms with Crippen molar-refractivity contribution >= 4 is 27.7 Å². The van der Waals surface area contributed by atoms with E-state index in [0.717, 1.165) is 24.3 Å². The Kier molecular flexibility index (Phi) is 6.80. The minimum Gasteiger partial charge on any atom is -0.495 e. The van der Waals surface area contributed by atoms with E-state index in [-0.39, 0.29) is 29.4 Å². The van der Waals surface area contributed by atoms with Crippen LogP contribution in [0.3, 0.4) is 0 Å². The molecule has 30 heavy (non-hydrogen) atoms. The van der Waals surface area contributed by atoms with Crippen molar-refractivity contribution in [2.24, 2.45) is 0 Å². The smallest absolute Gasteiger partial charge is 0.248 e. The van der Waals surface area contributed by atoms with Crippen LogP contribution in [0.4, 0.5) is 14.5 Å². The summed E-state index contributed by atoms with van der Waals surface area (Å²) in [6, 6.07) is 7.15. The molecule has 1 heterocycles. The summed E-state index contributed by atoms with van der Waals surface area (Å²) < 4.78 is 64.5. The van der Waals surface area contributed by atoms with Gasteiger partial charge in [0, 0.05) is 25.2 Å². The Hall–Kier alpha value is -2.82. The second-order valence-corrected chi connectivity index (χ2v) is 8.28. The molecule has 3 rings (SSSR count). The van der Waals surface area contributed by atoms with Gasteiger partial charge in [-0.15, -0.1) is 0 Å². The van der Waals surface area contributed by atoms with E-state index in [2.05, 4.69) is 5.32 Å². The Morgan fingerprint density at radius 1 is 1.17 bits per heavy atom. The van der Waals surface area contributed by atoms with Crippen LogP contribution in [0.25, 0.3) is 6.08 Å². The van der Waals surface area contributed by atoms with Gasteiger partial charge in [0.15, 0.2) is 0 Å². The molecule has 2 aromatic rings. The molecule has 1 aliphatic rings. The molecule has 2 aromatic carbocycles. The first kappa shape index (κ1) is 21.9. The molecular formula is C20H20F2N2O5S. The summed E-state index contributed by atoms with van der Waals surface area (Å²) in [5.41, 5.74) is 0.118. The summed E-state index contributed by atoms with van der Waals surface area (Å²) in [5, 5.41) is 2.23. The maximum absolute atomic E-state index is 13.6. The molecule has 7 nitrogen and oxygen atoms in total.